The summed E-state index contributed by atoms with van der Waals surface area (Å²) >= 11 is 0. The lowest BCUT2D eigenvalue weighted by atomic mass is 9.96. The summed E-state index contributed by atoms with van der Waals surface area (Å²) in [5.41, 5.74) is 4.51. The van der Waals surface area contributed by atoms with Gasteiger partial charge in [-0.2, -0.15) is 0 Å². The van der Waals surface area contributed by atoms with Gasteiger partial charge in [-0.25, -0.2) is 4.79 Å². The fourth-order valence-corrected chi connectivity index (χ4v) is 6.23. The van der Waals surface area contributed by atoms with E-state index in [9.17, 15) is 14.7 Å². The molecule has 0 bridgehead atoms. The molecule has 0 spiro atoms. The number of anilines is 1. The van der Waals surface area contributed by atoms with Crippen molar-refractivity contribution in [2.45, 2.75) is 70.7 Å². The molecular weight excluding hydrogens is 552 g/mol. The van der Waals surface area contributed by atoms with Crippen LogP contribution in [-0.2, 0) is 6.54 Å². The number of rotatable bonds is 9. The molecule has 1 aliphatic carbocycles. The van der Waals surface area contributed by atoms with Crippen molar-refractivity contribution in [1.82, 2.24) is 15.1 Å². The van der Waals surface area contributed by atoms with Crippen molar-refractivity contribution < 1.29 is 19.4 Å². The first-order chi connectivity index (χ1) is 21.3. The molecule has 3 atom stereocenters. The predicted octanol–water partition coefficient (Wildman–Crippen LogP) is 6.16. The molecule has 0 saturated heterocycles. The Morgan fingerprint density at radius 1 is 1.02 bits per heavy atom. The minimum absolute atomic E-state index is 0.0167. The lowest BCUT2D eigenvalue weighted by Gasteiger charge is -2.38. The number of aliphatic hydroxyl groups is 1. The van der Waals surface area contributed by atoms with Crippen molar-refractivity contribution in [3.05, 3.63) is 83.9 Å². The van der Waals surface area contributed by atoms with E-state index in [0.717, 1.165) is 32.2 Å². The van der Waals surface area contributed by atoms with Gasteiger partial charge in [0, 0.05) is 37.3 Å². The summed E-state index contributed by atoms with van der Waals surface area (Å²) in [6.45, 7) is 5.66. The average molecular weight is 599 g/mol. The molecule has 2 aliphatic rings. The number of hydrogen-bond donors (Lipinski definition) is 3. The zero-order chi connectivity index (χ0) is 31.1. The number of fused-ring (bicyclic) bond motifs is 1. The highest BCUT2D eigenvalue weighted by molar-refractivity contribution is 5.99. The van der Waals surface area contributed by atoms with Crippen molar-refractivity contribution in [1.29, 1.82) is 0 Å². The third kappa shape index (κ3) is 7.98. The summed E-state index contributed by atoms with van der Waals surface area (Å²) in [4.78, 5) is 30.5. The van der Waals surface area contributed by atoms with Crippen molar-refractivity contribution in [2.24, 2.45) is 5.92 Å². The maximum atomic E-state index is 13.8. The number of urea groups is 1. The fraction of sp³-hybridized carbons (Fsp3) is 0.444. The van der Waals surface area contributed by atoms with Crippen LogP contribution in [0, 0.1) is 5.92 Å². The molecule has 1 fully saturated rings. The van der Waals surface area contributed by atoms with Gasteiger partial charge in [0.05, 0.1) is 18.2 Å². The number of carbonyl (C=O) groups is 2. The monoisotopic (exact) mass is 598 g/mol. The van der Waals surface area contributed by atoms with Crippen molar-refractivity contribution in [2.75, 3.05) is 32.1 Å². The van der Waals surface area contributed by atoms with Gasteiger partial charge in [0.15, 0.2) is 0 Å². The molecule has 3 N–H and O–H groups in total. The lowest BCUT2D eigenvalue weighted by molar-refractivity contribution is 0.0341. The first-order valence-electron chi connectivity index (χ1n) is 15.9. The minimum atomic E-state index is -0.358. The number of amides is 3. The number of ether oxygens (including phenoxy) is 1. The van der Waals surface area contributed by atoms with Gasteiger partial charge in [0.1, 0.15) is 11.9 Å². The van der Waals surface area contributed by atoms with E-state index < -0.39 is 0 Å². The molecule has 8 nitrogen and oxygen atoms in total. The van der Waals surface area contributed by atoms with E-state index in [1.165, 1.54) is 23.1 Å². The summed E-state index contributed by atoms with van der Waals surface area (Å²) in [6, 6.07) is 23.8. The summed E-state index contributed by atoms with van der Waals surface area (Å²) < 4.78 is 6.57. The van der Waals surface area contributed by atoms with Gasteiger partial charge >= 0.3 is 6.03 Å². The Bertz CT molecular complexity index is 1390. The molecule has 1 aliphatic heterocycles. The van der Waals surface area contributed by atoms with Gasteiger partial charge in [-0.15, -0.1) is 0 Å². The van der Waals surface area contributed by atoms with Crippen LogP contribution >= 0.6 is 0 Å². The summed E-state index contributed by atoms with van der Waals surface area (Å²) in [6.07, 6.45) is 5.26. The number of nitrogens with zero attached hydrogens (tertiary/aromatic N) is 2. The molecule has 44 heavy (non-hydrogen) atoms. The van der Waals surface area contributed by atoms with Gasteiger partial charge in [-0.1, -0.05) is 80.8 Å². The second-order valence-electron chi connectivity index (χ2n) is 12.5. The number of hydrogen-bond acceptors (Lipinski definition) is 5. The first kappa shape index (κ1) is 31.5. The van der Waals surface area contributed by atoms with Gasteiger partial charge < -0.3 is 25.4 Å². The predicted molar refractivity (Wildman–Crippen MR) is 175 cm³/mol. The van der Waals surface area contributed by atoms with Crippen LogP contribution in [0.3, 0.4) is 0 Å². The second-order valence-corrected chi connectivity index (χ2v) is 12.5. The Morgan fingerprint density at radius 3 is 2.43 bits per heavy atom. The van der Waals surface area contributed by atoms with E-state index in [2.05, 4.69) is 65.9 Å². The molecule has 3 amide bonds. The number of nitrogens with one attached hydrogen (secondary N) is 2. The van der Waals surface area contributed by atoms with E-state index in [1.807, 2.05) is 25.1 Å². The molecule has 8 heteroatoms. The molecule has 0 aromatic heterocycles. The first-order valence-corrected chi connectivity index (χ1v) is 15.9. The van der Waals surface area contributed by atoms with Crippen LogP contribution in [0.5, 0.6) is 5.75 Å². The third-order valence-corrected chi connectivity index (χ3v) is 8.87. The van der Waals surface area contributed by atoms with Gasteiger partial charge in [0.25, 0.3) is 5.91 Å². The number of likely N-dealkylation sites (N-methyl/N-ethyl adjacent to an activating group) is 1. The molecular formula is C36H46N4O4. The maximum Gasteiger partial charge on any atom is 0.319 e. The largest absolute Gasteiger partial charge is 0.488 e. The second kappa shape index (κ2) is 14.7. The van der Waals surface area contributed by atoms with Gasteiger partial charge in [0.2, 0.25) is 0 Å². The molecule has 1 heterocycles. The molecule has 1 saturated carbocycles. The van der Waals surface area contributed by atoms with Crippen LogP contribution in [0.1, 0.15) is 61.9 Å². The molecule has 3 aromatic carbocycles. The highest BCUT2D eigenvalue weighted by Gasteiger charge is 2.33. The molecule has 0 radical (unpaired) electrons. The zero-order valence-electron chi connectivity index (χ0n) is 26.2. The van der Waals surface area contributed by atoms with Crippen LogP contribution in [0.2, 0.25) is 0 Å². The van der Waals surface area contributed by atoms with Crippen LogP contribution < -0.4 is 15.4 Å². The number of benzene rings is 3. The highest BCUT2D eigenvalue weighted by atomic mass is 16.5. The van der Waals surface area contributed by atoms with Crippen LogP contribution in [0.4, 0.5) is 10.5 Å². The Hall–Kier alpha value is -3.88. The van der Waals surface area contributed by atoms with Crippen molar-refractivity contribution >= 4 is 17.6 Å². The molecule has 3 aromatic rings. The third-order valence-electron chi connectivity index (χ3n) is 8.87. The minimum Gasteiger partial charge on any atom is -0.488 e. The van der Waals surface area contributed by atoms with Crippen molar-refractivity contribution in [3.63, 3.8) is 0 Å². The smallest absolute Gasteiger partial charge is 0.319 e. The van der Waals surface area contributed by atoms with E-state index >= 15 is 0 Å². The Kier molecular flexibility index (Phi) is 10.6. The normalized spacial score (nSPS) is 19.8. The maximum absolute atomic E-state index is 13.8. The molecule has 234 valence electrons. The highest BCUT2D eigenvalue weighted by Crippen LogP contribution is 2.31. The topological polar surface area (TPSA) is 94.1 Å². The Balaban J connectivity index is 1.30. The van der Waals surface area contributed by atoms with E-state index in [0.29, 0.717) is 30.1 Å². The standard InChI is InChI=1S/C36H46N4O4/c1-25-21-40(26(2)24-41)35(42)32-20-31(38-36(43)37-30-12-8-5-9-13-30)18-19-33(32)44-34(25)23-39(3)22-27-14-16-29(17-15-27)28-10-6-4-7-11-28/h4,6-7,10-11,14-20,25-26,30,34,41H,5,8-9,12-13,21-24H2,1-3H3,(H2,37,38,43)/t25-,26+,34-/m1/s1. The number of aliphatic hydroxyl groups excluding tert-OH is 1. The zero-order valence-corrected chi connectivity index (χ0v) is 26.2. The number of carbonyl (C=O) groups excluding carboxylic acids is 2. The fourth-order valence-electron chi connectivity index (χ4n) is 6.23. The average Bonchev–Trinajstić information content (AvgIpc) is 3.04. The molecule has 0 unspecified atom stereocenters. The van der Waals surface area contributed by atoms with Gasteiger partial charge in [-0.05, 0) is 61.7 Å². The summed E-state index contributed by atoms with van der Waals surface area (Å²) in [5.74, 6) is 0.290. The van der Waals surface area contributed by atoms with Crippen LogP contribution in [0.25, 0.3) is 11.1 Å². The Labute approximate surface area is 261 Å². The van der Waals surface area contributed by atoms with Gasteiger partial charge in [-0.3, -0.25) is 9.69 Å². The van der Waals surface area contributed by atoms with E-state index in [4.69, 9.17) is 4.74 Å². The Morgan fingerprint density at radius 2 is 1.73 bits per heavy atom. The van der Waals surface area contributed by atoms with E-state index in [-0.39, 0.29) is 42.7 Å². The van der Waals surface area contributed by atoms with E-state index in [1.54, 1.807) is 23.1 Å². The van der Waals surface area contributed by atoms with Crippen LogP contribution in [-0.4, -0.2) is 71.8 Å². The van der Waals surface area contributed by atoms with Crippen molar-refractivity contribution in [3.8, 4) is 16.9 Å². The summed E-state index contributed by atoms with van der Waals surface area (Å²) in [5, 5.41) is 16.0. The quantitative estimate of drug-likeness (QED) is 0.274. The van der Waals surface area contributed by atoms with Crippen LogP contribution in [0.15, 0.2) is 72.8 Å². The summed E-state index contributed by atoms with van der Waals surface area (Å²) in [7, 11) is 2.08. The SMILES string of the molecule is C[C@@H]1CN([C@@H](C)CO)C(=O)c2cc(NC(=O)NC3CCCCC3)ccc2O[C@@H]1CN(C)Cc1ccc(-c2ccccc2)cc1. The lowest BCUT2D eigenvalue weighted by Crippen LogP contribution is -2.49. The molecule has 5 rings (SSSR count).